The van der Waals surface area contributed by atoms with Crippen molar-refractivity contribution < 1.29 is 18.0 Å². The summed E-state index contributed by atoms with van der Waals surface area (Å²) in [6.45, 7) is 5.51. The number of fused-ring (bicyclic) bond motifs is 1. The number of rotatable bonds is 5. The number of pyridine rings is 1. The van der Waals surface area contributed by atoms with E-state index in [0.717, 1.165) is 30.1 Å². The lowest BCUT2D eigenvalue weighted by molar-refractivity contribution is -0.138. The van der Waals surface area contributed by atoms with Crippen LogP contribution in [0.15, 0.2) is 47.4 Å². The third kappa shape index (κ3) is 5.06. The van der Waals surface area contributed by atoms with Crippen molar-refractivity contribution in [3.05, 3.63) is 69.6 Å². The first-order valence-corrected chi connectivity index (χ1v) is 9.42. The van der Waals surface area contributed by atoms with Crippen molar-refractivity contribution in [3.63, 3.8) is 0 Å². The van der Waals surface area contributed by atoms with E-state index >= 15 is 0 Å². The first-order valence-electron chi connectivity index (χ1n) is 9.42. The molecule has 0 spiro atoms. The van der Waals surface area contributed by atoms with Crippen LogP contribution in [0.2, 0.25) is 0 Å². The maximum absolute atomic E-state index is 12.8. The summed E-state index contributed by atoms with van der Waals surface area (Å²) in [5.41, 5.74) is 0.626. The molecular weight excluding hydrogens is 383 g/mol. The van der Waals surface area contributed by atoms with Gasteiger partial charge in [0, 0.05) is 37.4 Å². The number of benzene rings is 1. The van der Waals surface area contributed by atoms with Gasteiger partial charge in [-0.15, -0.1) is 0 Å². The molecule has 1 aromatic carbocycles. The molecular formula is C21H24F3N3O2. The van der Waals surface area contributed by atoms with Gasteiger partial charge < -0.3 is 9.88 Å². The number of carbonyl (C=O) groups excluding carboxylic acids is 1. The molecule has 1 aliphatic rings. The Labute approximate surface area is 167 Å². The summed E-state index contributed by atoms with van der Waals surface area (Å²) in [6, 6.07) is 9.78. The number of alkyl halides is 3. The maximum atomic E-state index is 12.8. The molecule has 5 nitrogen and oxygen atoms in total. The largest absolute Gasteiger partial charge is 0.417 e. The van der Waals surface area contributed by atoms with Gasteiger partial charge in [-0.2, -0.15) is 13.2 Å². The van der Waals surface area contributed by atoms with Gasteiger partial charge in [-0.25, -0.2) is 0 Å². The van der Waals surface area contributed by atoms with Crippen molar-refractivity contribution in [1.82, 2.24) is 14.8 Å². The van der Waals surface area contributed by atoms with Crippen molar-refractivity contribution in [1.29, 1.82) is 0 Å². The summed E-state index contributed by atoms with van der Waals surface area (Å²) in [6.07, 6.45) is -2.97. The van der Waals surface area contributed by atoms with Crippen LogP contribution in [0, 0.1) is 0 Å². The Bertz CT molecular complexity index is 951. The lowest BCUT2D eigenvalue weighted by Crippen LogP contribution is -2.53. The third-order valence-corrected chi connectivity index (χ3v) is 5.33. The standard InChI is InChI=1S/C21H24F3N3O2/c1-20(2,27-10-9-15-5-3-4-6-16(15)11-27)14-25-18(28)13-26-12-17(21(22,23)24)7-8-19(26)29/h3-8,12H,9-11,13-14H2,1-2H3,(H,25,28). The molecule has 0 saturated carbocycles. The average molecular weight is 407 g/mol. The van der Waals surface area contributed by atoms with Crippen molar-refractivity contribution in [2.75, 3.05) is 13.1 Å². The monoisotopic (exact) mass is 407 g/mol. The second-order valence-electron chi connectivity index (χ2n) is 7.91. The maximum Gasteiger partial charge on any atom is 0.417 e. The minimum absolute atomic E-state index is 0.321. The Morgan fingerprint density at radius 2 is 1.79 bits per heavy atom. The van der Waals surface area contributed by atoms with E-state index in [1.54, 1.807) is 0 Å². The van der Waals surface area contributed by atoms with E-state index in [1.165, 1.54) is 11.1 Å². The van der Waals surface area contributed by atoms with E-state index in [4.69, 9.17) is 0 Å². The third-order valence-electron chi connectivity index (χ3n) is 5.33. The minimum Gasteiger partial charge on any atom is -0.353 e. The molecule has 0 saturated heterocycles. The number of nitrogens with zero attached hydrogens (tertiary/aromatic N) is 2. The number of hydrogen-bond acceptors (Lipinski definition) is 3. The van der Waals surface area contributed by atoms with Gasteiger partial charge in [0.15, 0.2) is 0 Å². The molecule has 2 aromatic rings. The fourth-order valence-electron chi connectivity index (χ4n) is 3.47. The Kier molecular flexibility index (Phi) is 5.84. The van der Waals surface area contributed by atoms with Crippen molar-refractivity contribution in [2.45, 2.75) is 45.1 Å². The zero-order valence-electron chi connectivity index (χ0n) is 16.4. The van der Waals surface area contributed by atoms with Gasteiger partial charge in [0.05, 0.1) is 5.56 Å². The molecule has 0 radical (unpaired) electrons. The molecule has 0 unspecified atom stereocenters. The van der Waals surface area contributed by atoms with E-state index in [1.807, 2.05) is 26.0 Å². The van der Waals surface area contributed by atoms with Crippen LogP contribution in [0.5, 0.6) is 0 Å². The van der Waals surface area contributed by atoms with Crippen LogP contribution in [0.4, 0.5) is 13.2 Å². The van der Waals surface area contributed by atoms with Crippen LogP contribution < -0.4 is 10.9 Å². The normalized spacial score (nSPS) is 15.1. The van der Waals surface area contributed by atoms with Gasteiger partial charge in [0.2, 0.25) is 5.91 Å². The summed E-state index contributed by atoms with van der Waals surface area (Å²) < 4.78 is 39.3. The first kappa shape index (κ1) is 21.1. The number of hydrogen-bond donors (Lipinski definition) is 1. The van der Waals surface area contributed by atoms with Crippen LogP contribution in [0.1, 0.15) is 30.5 Å². The minimum atomic E-state index is -4.57. The fourth-order valence-corrected chi connectivity index (χ4v) is 3.47. The highest BCUT2D eigenvalue weighted by atomic mass is 19.4. The Hall–Kier alpha value is -2.61. The number of carbonyl (C=O) groups is 1. The van der Waals surface area contributed by atoms with Gasteiger partial charge in [0.1, 0.15) is 6.54 Å². The molecule has 156 valence electrons. The Balaban J connectivity index is 1.61. The van der Waals surface area contributed by atoms with E-state index in [0.29, 0.717) is 18.8 Å². The number of amides is 1. The zero-order chi connectivity index (χ0) is 21.2. The van der Waals surface area contributed by atoms with Crippen molar-refractivity contribution >= 4 is 5.91 Å². The van der Waals surface area contributed by atoms with E-state index in [-0.39, 0.29) is 5.54 Å². The SMILES string of the molecule is CC(C)(CNC(=O)Cn1cc(C(F)(F)F)ccc1=O)N1CCc2ccccc2C1. The van der Waals surface area contributed by atoms with Gasteiger partial charge in [-0.3, -0.25) is 14.5 Å². The quantitative estimate of drug-likeness (QED) is 0.829. The topological polar surface area (TPSA) is 54.3 Å². The van der Waals surface area contributed by atoms with Gasteiger partial charge in [-0.05, 0) is 37.5 Å². The molecule has 1 aromatic heterocycles. The van der Waals surface area contributed by atoms with Crippen LogP contribution in [0.25, 0.3) is 0 Å². The van der Waals surface area contributed by atoms with E-state index in [9.17, 15) is 22.8 Å². The number of aromatic nitrogens is 1. The summed E-state index contributed by atoms with van der Waals surface area (Å²) in [5.74, 6) is -0.503. The van der Waals surface area contributed by atoms with Crippen LogP contribution >= 0.6 is 0 Å². The molecule has 0 bridgehead atoms. The summed E-state index contributed by atoms with van der Waals surface area (Å²) in [5, 5.41) is 2.76. The second-order valence-corrected chi connectivity index (χ2v) is 7.91. The molecule has 1 aliphatic heterocycles. The van der Waals surface area contributed by atoms with E-state index in [2.05, 4.69) is 22.3 Å². The number of halogens is 3. The fraction of sp³-hybridized carbons (Fsp3) is 0.429. The lowest BCUT2D eigenvalue weighted by Gasteiger charge is -2.41. The van der Waals surface area contributed by atoms with E-state index < -0.39 is 29.8 Å². The Morgan fingerprint density at radius 1 is 1.10 bits per heavy atom. The highest BCUT2D eigenvalue weighted by Crippen LogP contribution is 2.28. The molecule has 0 atom stereocenters. The van der Waals surface area contributed by atoms with Gasteiger partial charge >= 0.3 is 6.18 Å². The summed E-state index contributed by atoms with van der Waals surface area (Å²) in [4.78, 5) is 26.4. The predicted octanol–water partition coefficient (Wildman–Crippen LogP) is 2.82. The predicted molar refractivity (Wildman–Crippen MR) is 103 cm³/mol. The van der Waals surface area contributed by atoms with Crippen LogP contribution in [-0.2, 0) is 30.5 Å². The number of nitrogens with one attached hydrogen (secondary N) is 1. The molecule has 8 heteroatoms. The van der Waals surface area contributed by atoms with Crippen LogP contribution in [-0.4, -0.2) is 34.0 Å². The molecule has 2 heterocycles. The second kappa shape index (κ2) is 8.02. The zero-order valence-corrected chi connectivity index (χ0v) is 16.4. The highest BCUT2D eigenvalue weighted by molar-refractivity contribution is 5.75. The first-order chi connectivity index (χ1) is 13.6. The molecule has 1 N–H and O–H groups in total. The molecule has 1 amide bonds. The van der Waals surface area contributed by atoms with Crippen molar-refractivity contribution in [2.24, 2.45) is 0 Å². The van der Waals surface area contributed by atoms with Crippen LogP contribution in [0.3, 0.4) is 0 Å². The highest BCUT2D eigenvalue weighted by Gasteiger charge is 2.32. The Morgan fingerprint density at radius 3 is 2.48 bits per heavy atom. The van der Waals surface area contributed by atoms with Gasteiger partial charge in [0.25, 0.3) is 5.56 Å². The molecule has 0 aliphatic carbocycles. The average Bonchev–Trinajstić information content (AvgIpc) is 2.67. The van der Waals surface area contributed by atoms with Gasteiger partial charge in [-0.1, -0.05) is 24.3 Å². The summed E-state index contributed by atoms with van der Waals surface area (Å²) >= 11 is 0. The summed E-state index contributed by atoms with van der Waals surface area (Å²) in [7, 11) is 0. The van der Waals surface area contributed by atoms with Crippen molar-refractivity contribution in [3.8, 4) is 0 Å². The lowest BCUT2D eigenvalue weighted by atomic mass is 9.94. The molecule has 3 rings (SSSR count). The molecule has 0 fully saturated rings. The smallest absolute Gasteiger partial charge is 0.353 e. The molecule has 29 heavy (non-hydrogen) atoms.